The molecule has 0 aromatic heterocycles. The summed E-state index contributed by atoms with van der Waals surface area (Å²) < 4.78 is 4.71. The maximum atomic E-state index is 11.7. The lowest BCUT2D eigenvalue weighted by molar-refractivity contribution is -0.151. The third-order valence-corrected chi connectivity index (χ3v) is 3.13. The third-order valence-electron chi connectivity index (χ3n) is 3.13. The van der Waals surface area contributed by atoms with Crippen molar-refractivity contribution in [2.24, 2.45) is 5.92 Å². The number of carbonyl (C=O) groups is 2. The largest absolute Gasteiger partial charge is 0.467 e. The molecule has 0 radical (unpaired) electrons. The summed E-state index contributed by atoms with van der Waals surface area (Å²) in [7, 11) is 1.36. The number of amides is 1. The van der Waals surface area contributed by atoms with Crippen LogP contribution in [0.3, 0.4) is 0 Å². The number of likely N-dealkylation sites (tertiary alicyclic amines) is 1. The number of hydrogen-bond acceptors (Lipinski definition) is 3. The Balaban J connectivity index is 2.81. The highest BCUT2D eigenvalue weighted by Crippen LogP contribution is 2.25. The Hall–Kier alpha value is -1.06. The third kappa shape index (κ3) is 2.30. The first-order valence-electron chi connectivity index (χ1n) is 5.38. The van der Waals surface area contributed by atoms with Crippen LogP contribution in [0.15, 0.2) is 0 Å². The molecule has 0 saturated carbocycles. The van der Waals surface area contributed by atoms with Crippen molar-refractivity contribution in [1.29, 1.82) is 0 Å². The van der Waals surface area contributed by atoms with Crippen LogP contribution in [0.4, 0.5) is 0 Å². The van der Waals surface area contributed by atoms with Gasteiger partial charge in [-0.2, -0.15) is 0 Å². The molecule has 1 saturated heterocycles. The average molecular weight is 213 g/mol. The van der Waals surface area contributed by atoms with E-state index in [0.717, 1.165) is 0 Å². The van der Waals surface area contributed by atoms with Crippen molar-refractivity contribution in [2.45, 2.75) is 45.7 Å². The zero-order valence-electron chi connectivity index (χ0n) is 9.82. The van der Waals surface area contributed by atoms with Gasteiger partial charge in [-0.15, -0.1) is 0 Å². The van der Waals surface area contributed by atoms with Crippen LogP contribution in [0.5, 0.6) is 0 Å². The molecule has 1 fully saturated rings. The summed E-state index contributed by atoms with van der Waals surface area (Å²) in [5.41, 5.74) is 0. The summed E-state index contributed by atoms with van der Waals surface area (Å²) in [6.45, 7) is 6.07. The second-order valence-corrected chi connectivity index (χ2v) is 4.36. The van der Waals surface area contributed by atoms with Crippen LogP contribution in [-0.4, -0.2) is 36.0 Å². The van der Waals surface area contributed by atoms with E-state index in [2.05, 4.69) is 0 Å². The normalized spacial score (nSPS) is 23.4. The fraction of sp³-hybridized carbons (Fsp3) is 0.818. The van der Waals surface area contributed by atoms with Crippen molar-refractivity contribution in [3.05, 3.63) is 0 Å². The van der Waals surface area contributed by atoms with Gasteiger partial charge in [-0.05, 0) is 19.3 Å². The Bertz CT molecular complexity index is 263. The van der Waals surface area contributed by atoms with E-state index in [-0.39, 0.29) is 24.0 Å². The van der Waals surface area contributed by atoms with Gasteiger partial charge in [0.05, 0.1) is 7.11 Å². The molecule has 86 valence electrons. The quantitative estimate of drug-likeness (QED) is 0.662. The van der Waals surface area contributed by atoms with Crippen LogP contribution in [-0.2, 0) is 14.3 Å². The molecule has 15 heavy (non-hydrogen) atoms. The summed E-state index contributed by atoms with van der Waals surface area (Å²) in [6.07, 6.45) is 1.04. The topological polar surface area (TPSA) is 46.6 Å². The summed E-state index contributed by atoms with van der Waals surface area (Å²) >= 11 is 0. The summed E-state index contributed by atoms with van der Waals surface area (Å²) in [4.78, 5) is 24.8. The number of nitrogens with zero attached hydrogens (tertiary/aromatic N) is 1. The van der Waals surface area contributed by atoms with E-state index < -0.39 is 0 Å². The fourth-order valence-electron chi connectivity index (χ4n) is 1.90. The number of esters is 1. The standard InChI is InChI=1S/C11H19NO3/c1-7(2)8(3)12-9(11(14)15-4)5-6-10(12)13/h7-9H,5-6H2,1-4H3. The fourth-order valence-corrected chi connectivity index (χ4v) is 1.90. The minimum absolute atomic E-state index is 0.0617. The summed E-state index contributed by atoms with van der Waals surface area (Å²) in [5, 5.41) is 0. The van der Waals surface area contributed by atoms with Crippen LogP contribution in [0.25, 0.3) is 0 Å². The summed E-state index contributed by atoms with van der Waals surface area (Å²) in [6, 6.07) is -0.288. The predicted molar refractivity (Wildman–Crippen MR) is 56.2 cm³/mol. The van der Waals surface area contributed by atoms with Gasteiger partial charge >= 0.3 is 5.97 Å². The van der Waals surface area contributed by atoms with Gasteiger partial charge in [-0.3, -0.25) is 4.79 Å². The van der Waals surface area contributed by atoms with Gasteiger partial charge in [0.2, 0.25) is 5.91 Å². The maximum Gasteiger partial charge on any atom is 0.328 e. The molecule has 0 aromatic carbocycles. The van der Waals surface area contributed by atoms with Crippen molar-refractivity contribution >= 4 is 11.9 Å². The van der Waals surface area contributed by atoms with Crippen LogP contribution < -0.4 is 0 Å². The molecule has 1 rings (SSSR count). The molecule has 4 heteroatoms. The second-order valence-electron chi connectivity index (χ2n) is 4.36. The Kier molecular flexibility index (Phi) is 3.72. The lowest BCUT2D eigenvalue weighted by atomic mass is 10.0. The highest BCUT2D eigenvalue weighted by molar-refractivity contribution is 5.88. The first-order chi connectivity index (χ1) is 6.99. The van der Waals surface area contributed by atoms with Crippen molar-refractivity contribution in [1.82, 2.24) is 4.90 Å². The lowest BCUT2D eigenvalue weighted by Gasteiger charge is -2.31. The van der Waals surface area contributed by atoms with E-state index in [1.807, 2.05) is 20.8 Å². The van der Waals surface area contributed by atoms with E-state index in [0.29, 0.717) is 18.8 Å². The van der Waals surface area contributed by atoms with Gasteiger partial charge in [0.1, 0.15) is 6.04 Å². The van der Waals surface area contributed by atoms with Gasteiger partial charge in [0, 0.05) is 12.5 Å². The molecule has 1 aliphatic rings. The van der Waals surface area contributed by atoms with Crippen LogP contribution >= 0.6 is 0 Å². The van der Waals surface area contributed by atoms with Gasteiger partial charge < -0.3 is 9.64 Å². The van der Waals surface area contributed by atoms with Crippen LogP contribution in [0.2, 0.25) is 0 Å². The highest BCUT2D eigenvalue weighted by Gasteiger charge is 2.40. The molecular formula is C11H19NO3. The molecule has 1 heterocycles. The first kappa shape index (κ1) is 12.0. The second kappa shape index (κ2) is 4.64. The molecule has 0 aliphatic carbocycles. The monoisotopic (exact) mass is 213 g/mol. The van der Waals surface area contributed by atoms with Gasteiger partial charge in [0.25, 0.3) is 0 Å². The summed E-state index contributed by atoms with van der Waals surface area (Å²) in [5.74, 6) is 0.110. The number of methoxy groups -OCH3 is 1. The van der Waals surface area contributed by atoms with Gasteiger partial charge in [-0.25, -0.2) is 4.79 Å². The van der Waals surface area contributed by atoms with E-state index in [4.69, 9.17) is 4.74 Å². The van der Waals surface area contributed by atoms with E-state index in [9.17, 15) is 9.59 Å². The molecule has 2 unspecified atom stereocenters. The minimum Gasteiger partial charge on any atom is -0.467 e. The molecule has 1 aliphatic heterocycles. The molecule has 0 spiro atoms. The Morgan fingerprint density at radius 1 is 1.47 bits per heavy atom. The van der Waals surface area contributed by atoms with Crippen molar-refractivity contribution in [3.8, 4) is 0 Å². The molecule has 0 aromatic rings. The molecule has 0 N–H and O–H groups in total. The van der Waals surface area contributed by atoms with E-state index in [1.165, 1.54) is 7.11 Å². The first-order valence-corrected chi connectivity index (χ1v) is 5.38. The van der Waals surface area contributed by atoms with E-state index in [1.54, 1.807) is 4.90 Å². The average Bonchev–Trinajstić information content (AvgIpc) is 2.57. The lowest BCUT2D eigenvalue weighted by Crippen LogP contribution is -2.46. The minimum atomic E-state index is -0.375. The van der Waals surface area contributed by atoms with Gasteiger partial charge in [-0.1, -0.05) is 13.8 Å². The maximum absolute atomic E-state index is 11.7. The molecule has 0 bridgehead atoms. The molecule has 2 atom stereocenters. The van der Waals surface area contributed by atoms with Crippen molar-refractivity contribution < 1.29 is 14.3 Å². The zero-order valence-corrected chi connectivity index (χ0v) is 9.82. The highest BCUT2D eigenvalue weighted by atomic mass is 16.5. The van der Waals surface area contributed by atoms with Crippen molar-refractivity contribution in [3.63, 3.8) is 0 Å². The van der Waals surface area contributed by atoms with Gasteiger partial charge in [0.15, 0.2) is 0 Å². The van der Waals surface area contributed by atoms with E-state index >= 15 is 0 Å². The predicted octanol–water partition coefficient (Wildman–Crippen LogP) is 1.19. The number of hydrogen-bond donors (Lipinski definition) is 0. The Morgan fingerprint density at radius 3 is 2.53 bits per heavy atom. The Labute approximate surface area is 90.6 Å². The molecule has 1 amide bonds. The molecular weight excluding hydrogens is 194 g/mol. The number of ether oxygens (including phenoxy) is 1. The number of rotatable bonds is 3. The Morgan fingerprint density at radius 2 is 2.07 bits per heavy atom. The smallest absolute Gasteiger partial charge is 0.328 e. The van der Waals surface area contributed by atoms with Crippen LogP contribution in [0, 0.1) is 5.92 Å². The van der Waals surface area contributed by atoms with Crippen LogP contribution in [0.1, 0.15) is 33.6 Å². The molecule has 4 nitrogen and oxygen atoms in total. The zero-order chi connectivity index (χ0) is 11.6. The number of carbonyl (C=O) groups excluding carboxylic acids is 2. The SMILES string of the molecule is COC(=O)C1CCC(=O)N1C(C)C(C)C. The van der Waals surface area contributed by atoms with Crippen molar-refractivity contribution in [2.75, 3.05) is 7.11 Å².